The Labute approximate surface area is 190 Å². The minimum Gasteiger partial charge on any atom is -0.399 e. The van der Waals surface area contributed by atoms with Gasteiger partial charge in [0.25, 0.3) is 0 Å². The number of benzene rings is 2. The van der Waals surface area contributed by atoms with Crippen LogP contribution in [0.25, 0.3) is 10.9 Å². The van der Waals surface area contributed by atoms with E-state index < -0.39 is 0 Å². The van der Waals surface area contributed by atoms with Crippen LogP contribution in [0.15, 0.2) is 34.8 Å². The lowest BCUT2D eigenvalue weighted by Crippen LogP contribution is -2.47. The van der Waals surface area contributed by atoms with Crippen LogP contribution in [0.3, 0.4) is 0 Å². The molecule has 0 amide bonds. The second-order valence-corrected chi connectivity index (χ2v) is 10.6. The number of halogens is 1. The van der Waals surface area contributed by atoms with Crippen LogP contribution in [0.1, 0.15) is 53.9 Å². The standard InChI is InChI=1S/C25H27BrN4O/c1-25(2)18-13-21(30-9-7-29(8-10-30)15-4-5-15)19(26)12-17(18)23(31)22-16-6-3-14(27)11-20(16)28-24(22)25/h3,6,11-13,15,28H,4-5,7-10,27H2,1-2H3. The number of piperazine rings is 1. The van der Waals surface area contributed by atoms with Crippen LogP contribution in [-0.2, 0) is 5.41 Å². The summed E-state index contributed by atoms with van der Waals surface area (Å²) in [6.07, 6.45) is 2.72. The molecule has 2 aromatic carbocycles. The maximum atomic E-state index is 13.6. The number of fused-ring (bicyclic) bond motifs is 4. The molecule has 160 valence electrons. The Morgan fingerprint density at radius 3 is 2.55 bits per heavy atom. The molecule has 6 heteroatoms. The summed E-state index contributed by atoms with van der Waals surface area (Å²) in [6, 6.07) is 10.9. The number of carbonyl (C=O) groups is 1. The second-order valence-electron chi connectivity index (χ2n) is 9.74. The van der Waals surface area contributed by atoms with Gasteiger partial charge in [-0.3, -0.25) is 9.69 Å². The number of aromatic nitrogens is 1. The lowest BCUT2D eigenvalue weighted by atomic mass is 9.71. The molecule has 3 aromatic rings. The summed E-state index contributed by atoms with van der Waals surface area (Å²) >= 11 is 3.79. The van der Waals surface area contributed by atoms with Crippen LogP contribution in [0.5, 0.6) is 0 Å². The van der Waals surface area contributed by atoms with E-state index in [0.717, 1.165) is 70.0 Å². The van der Waals surface area contributed by atoms with Crippen molar-refractivity contribution in [1.82, 2.24) is 9.88 Å². The minimum absolute atomic E-state index is 0.0890. The third-order valence-corrected chi connectivity index (χ3v) is 8.03. The van der Waals surface area contributed by atoms with Gasteiger partial charge in [0.05, 0.1) is 11.3 Å². The van der Waals surface area contributed by atoms with Gasteiger partial charge in [-0.05, 0) is 58.6 Å². The molecule has 3 N–H and O–H groups in total. The molecule has 2 aliphatic carbocycles. The molecular weight excluding hydrogens is 452 g/mol. The normalized spacial score (nSPS) is 20.7. The molecule has 0 bridgehead atoms. The molecule has 5 nitrogen and oxygen atoms in total. The Morgan fingerprint density at radius 1 is 1.10 bits per heavy atom. The lowest BCUT2D eigenvalue weighted by molar-refractivity contribution is 0.103. The van der Waals surface area contributed by atoms with Gasteiger partial charge in [-0.1, -0.05) is 19.9 Å². The number of aromatic amines is 1. The number of ketones is 1. The van der Waals surface area contributed by atoms with Crippen molar-refractivity contribution in [3.63, 3.8) is 0 Å². The summed E-state index contributed by atoms with van der Waals surface area (Å²) in [5, 5.41) is 0.948. The van der Waals surface area contributed by atoms with E-state index in [2.05, 4.69) is 50.6 Å². The Balaban J connectivity index is 1.44. The highest BCUT2D eigenvalue weighted by molar-refractivity contribution is 9.10. The number of nitrogen functional groups attached to an aromatic ring is 1. The number of rotatable bonds is 2. The fourth-order valence-corrected chi connectivity index (χ4v) is 6.06. The number of H-pyrrole nitrogens is 1. The average Bonchev–Trinajstić information content (AvgIpc) is 3.52. The van der Waals surface area contributed by atoms with Crippen molar-refractivity contribution in [3.8, 4) is 0 Å². The molecule has 0 spiro atoms. The number of nitrogens with one attached hydrogen (secondary N) is 1. The van der Waals surface area contributed by atoms with Crippen LogP contribution in [0.2, 0.25) is 0 Å². The number of hydrogen-bond acceptors (Lipinski definition) is 4. The van der Waals surface area contributed by atoms with E-state index in [0.29, 0.717) is 5.69 Å². The fraction of sp³-hybridized carbons (Fsp3) is 0.400. The molecule has 0 radical (unpaired) electrons. The van der Waals surface area contributed by atoms with E-state index in [1.54, 1.807) is 0 Å². The van der Waals surface area contributed by atoms with Crippen molar-refractivity contribution in [3.05, 3.63) is 57.2 Å². The Hall–Kier alpha value is -2.31. The molecule has 6 rings (SSSR count). The highest BCUT2D eigenvalue weighted by atomic mass is 79.9. The second kappa shape index (κ2) is 6.59. The summed E-state index contributed by atoms with van der Waals surface area (Å²) in [5.41, 5.74) is 12.2. The van der Waals surface area contributed by atoms with E-state index in [1.165, 1.54) is 18.5 Å². The SMILES string of the molecule is CC1(C)c2cc(N3CCN(C4CC4)CC3)c(Br)cc2C(=O)c2c1[nH]c1cc(N)ccc21. The Bertz CT molecular complexity index is 1230. The molecule has 0 atom stereocenters. The molecule has 0 unspecified atom stereocenters. The molecule has 1 aliphatic heterocycles. The van der Waals surface area contributed by atoms with E-state index in [1.807, 2.05) is 24.3 Å². The van der Waals surface area contributed by atoms with Crippen LogP contribution in [0.4, 0.5) is 11.4 Å². The first-order valence-corrected chi connectivity index (χ1v) is 11.9. The first-order valence-electron chi connectivity index (χ1n) is 11.1. The lowest BCUT2D eigenvalue weighted by Gasteiger charge is -2.38. The van der Waals surface area contributed by atoms with Gasteiger partial charge >= 0.3 is 0 Å². The topological polar surface area (TPSA) is 65.4 Å². The van der Waals surface area contributed by atoms with Gasteiger partial charge in [0, 0.05) is 70.0 Å². The highest BCUT2D eigenvalue weighted by Gasteiger charge is 2.41. The van der Waals surface area contributed by atoms with Crippen molar-refractivity contribution in [2.45, 2.75) is 38.1 Å². The number of nitrogens with two attached hydrogens (primary N) is 1. The Morgan fingerprint density at radius 2 is 1.84 bits per heavy atom. The zero-order chi connectivity index (χ0) is 21.5. The third kappa shape index (κ3) is 2.88. The van der Waals surface area contributed by atoms with Gasteiger partial charge in [-0.25, -0.2) is 0 Å². The molecule has 1 saturated carbocycles. The number of carbonyl (C=O) groups excluding carboxylic acids is 1. The smallest absolute Gasteiger partial charge is 0.195 e. The van der Waals surface area contributed by atoms with Gasteiger partial charge in [0.2, 0.25) is 0 Å². The quantitative estimate of drug-likeness (QED) is 0.525. The predicted molar refractivity (Wildman–Crippen MR) is 129 cm³/mol. The summed E-state index contributed by atoms with van der Waals surface area (Å²) in [4.78, 5) is 22.2. The van der Waals surface area contributed by atoms with Gasteiger partial charge < -0.3 is 15.6 Å². The van der Waals surface area contributed by atoms with Crippen LogP contribution in [-0.4, -0.2) is 47.9 Å². The highest BCUT2D eigenvalue weighted by Crippen LogP contribution is 2.46. The van der Waals surface area contributed by atoms with E-state index in [-0.39, 0.29) is 11.2 Å². The number of nitrogens with zero attached hydrogens (tertiary/aromatic N) is 2. The molecule has 2 fully saturated rings. The first-order chi connectivity index (χ1) is 14.8. The van der Waals surface area contributed by atoms with Gasteiger partial charge in [-0.15, -0.1) is 0 Å². The largest absolute Gasteiger partial charge is 0.399 e. The minimum atomic E-state index is -0.308. The van der Waals surface area contributed by atoms with Crippen molar-refractivity contribution < 1.29 is 4.79 Å². The maximum absolute atomic E-state index is 13.6. The van der Waals surface area contributed by atoms with Crippen LogP contribution in [0, 0.1) is 0 Å². The van der Waals surface area contributed by atoms with Gasteiger partial charge in [0.1, 0.15) is 0 Å². The summed E-state index contributed by atoms with van der Waals surface area (Å²) < 4.78 is 1.00. The van der Waals surface area contributed by atoms with Crippen LogP contribution < -0.4 is 10.6 Å². The summed E-state index contributed by atoms with van der Waals surface area (Å²) in [7, 11) is 0. The summed E-state index contributed by atoms with van der Waals surface area (Å²) in [5.74, 6) is 0.0890. The van der Waals surface area contributed by atoms with Crippen molar-refractivity contribution >= 4 is 44.0 Å². The molecule has 1 saturated heterocycles. The van der Waals surface area contributed by atoms with Crippen molar-refractivity contribution in [2.24, 2.45) is 0 Å². The summed E-state index contributed by atoms with van der Waals surface area (Å²) in [6.45, 7) is 8.70. The van der Waals surface area contributed by atoms with E-state index in [4.69, 9.17) is 5.73 Å². The van der Waals surface area contributed by atoms with Crippen molar-refractivity contribution in [1.29, 1.82) is 0 Å². The number of anilines is 2. The molecule has 31 heavy (non-hydrogen) atoms. The molecule has 1 aromatic heterocycles. The zero-order valence-corrected chi connectivity index (χ0v) is 19.6. The monoisotopic (exact) mass is 478 g/mol. The van der Waals surface area contributed by atoms with Crippen LogP contribution >= 0.6 is 15.9 Å². The molecular formula is C25H27BrN4O. The van der Waals surface area contributed by atoms with Gasteiger partial charge in [-0.2, -0.15) is 0 Å². The van der Waals surface area contributed by atoms with E-state index >= 15 is 0 Å². The van der Waals surface area contributed by atoms with Gasteiger partial charge in [0.15, 0.2) is 5.78 Å². The average molecular weight is 479 g/mol. The fourth-order valence-electron chi connectivity index (χ4n) is 5.47. The van der Waals surface area contributed by atoms with Crippen molar-refractivity contribution in [2.75, 3.05) is 36.8 Å². The number of hydrogen-bond donors (Lipinski definition) is 2. The first kappa shape index (κ1) is 19.4. The molecule has 2 heterocycles. The molecule has 3 aliphatic rings. The maximum Gasteiger partial charge on any atom is 0.195 e. The Kier molecular flexibility index (Phi) is 4.12. The van der Waals surface area contributed by atoms with E-state index in [9.17, 15) is 4.79 Å². The third-order valence-electron chi connectivity index (χ3n) is 7.40. The zero-order valence-electron chi connectivity index (χ0n) is 18.0. The predicted octanol–water partition coefficient (Wildman–Crippen LogP) is 4.67.